The zero-order valence-corrected chi connectivity index (χ0v) is 10.0. The Balaban J connectivity index is 1.55. The molecule has 0 atom stereocenters. The van der Waals surface area contributed by atoms with Gasteiger partial charge in [-0.15, -0.1) is 0 Å². The zero-order chi connectivity index (χ0) is 13.2. The van der Waals surface area contributed by atoms with Gasteiger partial charge in [0.05, 0.1) is 4.92 Å². The normalized spacial score (nSPS) is 21.7. The van der Waals surface area contributed by atoms with Gasteiger partial charge in [-0.05, 0) is 18.9 Å². The summed E-state index contributed by atoms with van der Waals surface area (Å²) in [7, 11) is 0. The molecule has 0 unspecified atom stereocenters. The minimum Gasteiger partial charge on any atom is -0.474 e. The lowest BCUT2D eigenvalue weighted by Gasteiger charge is -2.34. The Bertz CT molecular complexity index is 561. The van der Waals surface area contributed by atoms with E-state index < -0.39 is 4.92 Å². The van der Waals surface area contributed by atoms with Gasteiger partial charge in [0, 0.05) is 29.9 Å². The topological polar surface area (TPSA) is 93.9 Å². The second-order valence-corrected chi connectivity index (χ2v) is 4.53. The standard InChI is InChI=1S/C12H12N4O3/c17-16(18)9-1-2-12(13-7-9)19-10-5-8(6-10)11-3-4-14-15-11/h1-4,7-8,10H,5-6H2,(H,14,15). The number of hydrogen-bond donors (Lipinski definition) is 1. The van der Waals surface area contributed by atoms with Crippen LogP contribution in [0.25, 0.3) is 0 Å². The second kappa shape index (κ2) is 4.68. The highest BCUT2D eigenvalue weighted by atomic mass is 16.6. The molecular formula is C12H12N4O3. The maximum absolute atomic E-state index is 10.5. The molecule has 7 heteroatoms. The number of ether oxygens (including phenoxy) is 1. The van der Waals surface area contributed by atoms with Gasteiger partial charge in [0.15, 0.2) is 0 Å². The van der Waals surface area contributed by atoms with Gasteiger partial charge in [0.2, 0.25) is 5.88 Å². The van der Waals surface area contributed by atoms with Gasteiger partial charge in [-0.1, -0.05) is 0 Å². The molecule has 1 saturated carbocycles. The first-order valence-electron chi connectivity index (χ1n) is 5.99. The predicted molar refractivity (Wildman–Crippen MR) is 65.9 cm³/mol. The van der Waals surface area contributed by atoms with Gasteiger partial charge < -0.3 is 4.74 Å². The Morgan fingerprint density at radius 1 is 1.37 bits per heavy atom. The quantitative estimate of drug-likeness (QED) is 0.670. The molecule has 7 nitrogen and oxygen atoms in total. The highest BCUT2D eigenvalue weighted by molar-refractivity contribution is 5.29. The molecule has 0 bridgehead atoms. The lowest BCUT2D eigenvalue weighted by molar-refractivity contribution is -0.385. The SMILES string of the molecule is O=[N+]([O-])c1ccc(OC2CC(c3ccn[nH]3)C2)nc1. The molecule has 1 aliphatic carbocycles. The van der Waals surface area contributed by atoms with Crippen molar-refractivity contribution in [2.45, 2.75) is 24.9 Å². The van der Waals surface area contributed by atoms with Crippen LogP contribution in [0.3, 0.4) is 0 Å². The van der Waals surface area contributed by atoms with Crippen LogP contribution in [0.15, 0.2) is 30.6 Å². The summed E-state index contributed by atoms with van der Waals surface area (Å²) in [6.45, 7) is 0. The van der Waals surface area contributed by atoms with E-state index >= 15 is 0 Å². The molecule has 0 saturated heterocycles. The fourth-order valence-electron chi connectivity index (χ4n) is 2.13. The van der Waals surface area contributed by atoms with Gasteiger partial charge in [-0.25, -0.2) is 4.98 Å². The molecule has 0 radical (unpaired) electrons. The number of pyridine rings is 1. The first-order chi connectivity index (χ1) is 9.22. The molecule has 2 aromatic rings. The van der Waals surface area contributed by atoms with Crippen molar-refractivity contribution >= 4 is 5.69 Å². The molecule has 19 heavy (non-hydrogen) atoms. The highest BCUT2D eigenvalue weighted by Gasteiger charge is 2.33. The molecule has 0 aromatic carbocycles. The molecule has 0 spiro atoms. The Morgan fingerprint density at radius 2 is 2.21 bits per heavy atom. The van der Waals surface area contributed by atoms with Crippen molar-refractivity contribution in [3.8, 4) is 5.88 Å². The van der Waals surface area contributed by atoms with Gasteiger partial charge in [0.1, 0.15) is 12.3 Å². The van der Waals surface area contributed by atoms with Gasteiger partial charge in [-0.2, -0.15) is 5.10 Å². The maximum atomic E-state index is 10.5. The lowest BCUT2D eigenvalue weighted by Crippen LogP contribution is -2.32. The monoisotopic (exact) mass is 260 g/mol. The number of hydrogen-bond acceptors (Lipinski definition) is 5. The summed E-state index contributed by atoms with van der Waals surface area (Å²) in [5, 5.41) is 17.4. The third kappa shape index (κ3) is 2.40. The van der Waals surface area contributed by atoms with E-state index in [2.05, 4.69) is 15.2 Å². The number of aromatic amines is 1. The lowest BCUT2D eigenvalue weighted by atomic mass is 9.80. The van der Waals surface area contributed by atoms with Crippen LogP contribution in [0.4, 0.5) is 5.69 Å². The van der Waals surface area contributed by atoms with Crippen LogP contribution in [0.2, 0.25) is 0 Å². The second-order valence-electron chi connectivity index (χ2n) is 4.53. The smallest absolute Gasteiger partial charge is 0.287 e. The first kappa shape index (κ1) is 11.6. The van der Waals surface area contributed by atoms with Crippen LogP contribution >= 0.6 is 0 Å². The molecule has 1 N–H and O–H groups in total. The van der Waals surface area contributed by atoms with Crippen molar-refractivity contribution < 1.29 is 9.66 Å². The molecule has 3 rings (SSSR count). The van der Waals surface area contributed by atoms with Crippen LogP contribution in [0.1, 0.15) is 24.5 Å². The van der Waals surface area contributed by atoms with E-state index in [0.29, 0.717) is 11.8 Å². The van der Waals surface area contributed by atoms with Crippen LogP contribution < -0.4 is 4.74 Å². The van der Waals surface area contributed by atoms with E-state index in [-0.39, 0.29) is 11.8 Å². The minimum absolute atomic E-state index is 0.0312. The molecule has 2 aromatic heterocycles. The Kier molecular flexibility index (Phi) is 2.86. The predicted octanol–water partition coefficient (Wildman–Crippen LogP) is 2.04. The van der Waals surface area contributed by atoms with Gasteiger partial charge in [-0.3, -0.25) is 15.2 Å². The van der Waals surface area contributed by atoms with E-state index in [4.69, 9.17) is 4.74 Å². The van der Waals surface area contributed by atoms with Crippen LogP contribution in [0.5, 0.6) is 5.88 Å². The van der Waals surface area contributed by atoms with Crippen molar-refractivity contribution in [1.29, 1.82) is 0 Å². The zero-order valence-electron chi connectivity index (χ0n) is 10.0. The number of rotatable bonds is 4. The fourth-order valence-corrected chi connectivity index (χ4v) is 2.13. The molecule has 1 fully saturated rings. The summed E-state index contributed by atoms with van der Waals surface area (Å²) in [5.74, 6) is 0.879. The Morgan fingerprint density at radius 3 is 2.79 bits per heavy atom. The summed E-state index contributed by atoms with van der Waals surface area (Å²) >= 11 is 0. The summed E-state index contributed by atoms with van der Waals surface area (Å²) in [6, 6.07) is 4.89. The van der Waals surface area contributed by atoms with E-state index in [1.807, 2.05) is 6.07 Å². The van der Waals surface area contributed by atoms with E-state index in [9.17, 15) is 10.1 Å². The largest absolute Gasteiger partial charge is 0.474 e. The number of H-pyrrole nitrogens is 1. The Hall–Kier alpha value is -2.44. The third-order valence-electron chi connectivity index (χ3n) is 3.28. The molecule has 2 heterocycles. The molecule has 1 aliphatic rings. The van der Waals surface area contributed by atoms with E-state index in [0.717, 1.165) is 18.5 Å². The third-order valence-corrected chi connectivity index (χ3v) is 3.28. The molecule has 0 aliphatic heterocycles. The molecule has 0 amide bonds. The highest BCUT2D eigenvalue weighted by Crippen LogP contribution is 2.37. The number of nitrogens with zero attached hydrogens (tertiary/aromatic N) is 3. The number of aromatic nitrogens is 3. The van der Waals surface area contributed by atoms with Crippen LogP contribution in [-0.2, 0) is 0 Å². The van der Waals surface area contributed by atoms with Crippen molar-refractivity contribution in [3.05, 3.63) is 46.4 Å². The van der Waals surface area contributed by atoms with Crippen molar-refractivity contribution in [3.63, 3.8) is 0 Å². The number of nitrogens with one attached hydrogen (secondary N) is 1. The Labute approximate surface area is 108 Å². The average Bonchev–Trinajstić information content (AvgIpc) is 2.87. The van der Waals surface area contributed by atoms with Crippen molar-refractivity contribution in [1.82, 2.24) is 15.2 Å². The van der Waals surface area contributed by atoms with Gasteiger partial charge >= 0.3 is 0 Å². The van der Waals surface area contributed by atoms with Crippen molar-refractivity contribution in [2.75, 3.05) is 0 Å². The minimum atomic E-state index is -0.478. The average molecular weight is 260 g/mol. The summed E-state index contributed by atoms with van der Waals surface area (Å²) < 4.78 is 5.65. The van der Waals surface area contributed by atoms with Crippen LogP contribution in [-0.4, -0.2) is 26.2 Å². The summed E-state index contributed by atoms with van der Waals surface area (Å²) in [4.78, 5) is 13.9. The van der Waals surface area contributed by atoms with Crippen LogP contribution in [0, 0.1) is 10.1 Å². The molecule has 98 valence electrons. The van der Waals surface area contributed by atoms with Crippen molar-refractivity contribution in [2.24, 2.45) is 0 Å². The molecular weight excluding hydrogens is 248 g/mol. The van der Waals surface area contributed by atoms with E-state index in [1.165, 1.54) is 18.3 Å². The van der Waals surface area contributed by atoms with Gasteiger partial charge in [0.25, 0.3) is 5.69 Å². The summed E-state index contributed by atoms with van der Waals surface area (Å²) in [6.07, 6.45) is 4.87. The number of nitro groups is 1. The fraction of sp³-hybridized carbons (Fsp3) is 0.333. The maximum Gasteiger partial charge on any atom is 0.287 e. The van der Waals surface area contributed by atoms with E-state index in [1.54, 1.807) is 6.20 Å². The summed E-state index contributed by atoms with van der Waals surface area (Å²) in [5.41, 5.74) is 1.09. The first-order valence-corrected chi connectivity index (χ1v) is 5.99.